The molecule has 1 aromatic rings. The van der Waals surface area contributed by atoms with Crippen LogP contribution in [0.5, 0.6) is 0 Å². The van der Waals surface area contributed by atoms with E-state index in [4.69, 9.17) is 0 Å². The van der Waals surface area contributed by atoms with E-state index in [0.29, 0.717) is 6.54 Å². The molecule has 1 unspecified atom stereocenters. The first-order valence-corrected chi connectivity index (χ1v) is 5.30. The zero-order valence-electron chi connectivity index (χ0n) is 7.59. The Balaban J connectivity index is 2.14. The van der Waals surface area contributed by atoms with E-state index >= 15 is 0 Å². The van der Waals surface area contributed by atoms with Crippen LogP contribution in [0.1, 0.15) is 11.6 Å². The minimum absolute atomic E-state index is 0.0594. The van der Waals surface area contributed by atoms with Crippen LogP contribution >= 0.6 is 15.9 Å². The molecule has 1 amide bonds. The average molecular weight is 255 g/mol. The molecule has 1 aliphatic rings. The summed E-state index contributed by atoms with van der Waals surface area (Å²) in [5.74, 6) is 0.0594. The number of benzene rings is 1. The summed E-state index contributed by atoms with van der Waals surface area (Å²) in [6, 6.07) is 8.10. The first-order chi connectivity index (χ1) is 6.75. The first kappa shape index (κ1) is 9.68. The lowest BCUT2D eigenvalue weighted by Gasteiger charge is -2.24. The van der Waals surface area contributed by atoms with Gasteiger partial charge < -0.3 is 10.6 Å². The van der Waals surface area contributed by atoms with Crippen LogP contribution in [0.4, 0.5) is 0 Å². The smallest absolute Gasteiger partial charge is 0.234 e. The number of piperazine rings is 1. The minimum atomic E-state index is 0.0594. The Bertz CT molecular complexity index is 336. The van der Waals surface area contributed by atoms with E-state index in [2.05, 4.69) is 26.6 Å². The van der Waals surface area contributed by atoms with Crippen molar-refractivity contribution in [1.82, 2.24) is 10.6 Å². The standard InChI is InChI=1S/C10H11BrN2O/c11-8-3-1-7(2-4-8)9-5-12-6-10(14)13-9/h1-4,9,12H,5-6H2,(H,13,14). The number of carbonyl (C=O) groups is 1. The Morgan fingerprint density at radius 1 is 1.29 bits per heavy atom. The maximum atomic E-state index is 11.1. The minimum Gasteiger partial charge on any atom is -0.347 e. The van der Waals surface area contributed by atoms with Gasteiger partial charge in [0.15, 0.2) is 0 Å². The Morgan fingerprint density at radius 2 is 2.00 bits per heavy atom. The van der Waals surface area contributed by atoms with Crippen LogP contribution in [0, 0.1) is 0 Å². The van der Waals surface area contributed by atoms with E-state index in [9.17, 15) is 4.79 Å². The molecule has 1 aliphatic heterocycles. The lowest BCUT2D eigenvalue weighted by molar-refractivity contribution is -0.122. The van der Waals surface area contributed by atoms with E-state index < -0.39 is 0 Å². The van der Waals surface area contributed by atoms with E-state index in [1.807, 2.05) is 24.3 Å². The molecule has 1 atom stereocenters. The highest BCUT2D eigenvalue weighted by molar-refractivity contribution is 9.10. The number of hydrogen-bond acceptors (Lipinski definition) is 2. The molecule has 2 rings (SSSR count). The largest absolute Gasteiger partial charge is 0.347 e. The summed E-state index contributed by atoms with van der Waals surface area (Å²) >= 11 is 3.38. The molecule has 3 nitrogen and oxygen atoms in total. The van der Waals surface area contributed by atoms with Crippen molar-refractivity contribution in [3.05, 3.63) is 34.3 Å². The summed E-state index contributed by atoms with van der Waals surface area (Å²) in [5, 5.41) is 6.01. The van der Waals surface area contributed by atoms with Crippen molar-refractivity contribution >= 4 is 21.8 Å². The number of nitrogens with one attached hydrogen (secondary N) is 2. The molecule has 4 heteroatoms. The molecule has 2 N–H and O–H groups in total. The van der Waals surface area contributed by atoms with Crippen LogP contribution in [0.3, 0.4) is 0 Å². The highest BCUT2D eigenvalue weighted by Gasteiger charge is 2.18. The first-order valence-electron chi connectivity index (χ1n) is 4.51. The monoisotopic (exact) mass is 254 g/mol. The van der Waals surface area contributed by atoms with Crippen molar-refractivity contribution in [1.29, 1.82) is 0 Å². The normalized spacial score (nSPS) is 21.8. The summed E-state index contributed by atoms with van der Waals surface area (Å²) < 4.78 is 1.05. The van der Waals surface area contributed by atoms with Crippen LogP contribution in [0.25, 0.3) is 0 Å². The maximum Gasteiger partial charge on any atom is 0.234 e. The van der Waals surface area contributed by atoms with Gasteiger partial charge in [0.2, 0.25) is 5.91 Å². The molecule has 1 fully saturated rings. The fraction of sp³-hybridized carbons (Fsp3) is 0.300. The number of carbonyl (C=O) groups excluding carboxylic acids is 1. The van der Waals surface area contributed by atoms with Crippen molar-refractivity contribution < 1.29 is 4.79 Å². The number of halogens is 1. The fourth-order valence-electron chi connectivity index (χ4n) is 1.52. The zero-order valence-corrected chi connectivity index (χ0v) is 9.17. The van der Waals surface area contributed by atoms with Crippen LogP contribution in [-0.4, -0.2) is 19.0 Å². The second kappa shape index (κ2) is 4.11. The summed E-state index contributed by atoms with van der Waals surface area (Å²) in [4.78, 5) is 11.1. The van der Waals surface area contributed by atoms with Crippen LogP contribution in [0.2, 0.25) is 0 Å². The molecule has 0 saturated carbocycles. The van der Waals surface area contributed by atoms with Gasteiger partial charge in [-0.1, -0.05) is 28.1 Å². The molecule has 0 bridgehead atoms. The molecule has 1 saturated heterocycles. The van der Waals surface area contributed by atoms with Gasteiger partial charge >= 0.3 is 0 Å². The number of rotatable bonds is 1. The molecular weight excluding hydrogens is 244 g/mol. The zero-order chi connectivity index (χ0) is 9.97. The predicted octanol–water partition coefficient (Wildman–Crippen LogP) is 1.21. The van der Waals surface area contributed by atoms with Crippen molar-refractivity contribution in [3.63, 3.8) is 0 Å². The number of amides is 1. The lowest BCUT2D eigenvalue weighted by atomic mass is 10.1. The molecule has 1 aromatic carbocycles. The predicted molar refractivity (Wildman–Crippen MR) is 57.9 cm³/mol. The SMILES string of the molecule is O=C1CNCC(c2ccc(Br)cc2)N1. The Kier molecular flexibility index (Phi) is 2.84. The van der Waals surface area contributed by atoms with Crippen LogP contribution in [-0.2, 0) is 4.79 Å². The third-order valence-electron chi connectivity index (χ3n) is 2.24. The molecule has 0 radical (unpaired) electrons. The molecule has 0 aliphatic carbocycles. The van der Waals surface area contributed by atoms with Crippen molar-refractivity contribution in [3.8, 4) is 0 Å². The van der Waals surface area contributed by atoms with Gasteiger partial charge in [-0.3, -0.25) is 4.79 Å². The van der Waals surface area contributed by atoms with Gasteiger partial charge in [-0.15, -0.1) is 0 Å². The average Bonchev–Trinajstić information content (AvgIpc) is 2.19. The van der Waals surface area contributed by atoms with Gasteiger partial charge in [-0.2, -0.15) is 0 Å². The topological polar surface area (TPSA) is 41.1 Å². The Labute approximate surface area is 91.0 Å². The van der Waals surface area contributed by atoms with Gasteiger partial charge in [0.1, 0.15) is 0 Å². The molecular formula is C10H11BrN2O. The molecule has 0 aromatic heterocycles. The van der Waals surface area contributed by atoms with Gasteiger partial charge in [-0.25, -0.2) is 0 Å². The maximum absolute atomic E-state index is 11.1. The van der Waals surface area contributed by atoms with Gasteiger partial charge in [0.25, 0.3) is 0 Å². The van der Waals surface area contributed by atoms with Crippen LogP contribution in [0.15, 0.2) is 28.7 Å². The third kappa shape index (κ3) is 2.13. The van der Waals surface area contributed by atoms with Gasteiger partial charge in [-0.05, 0) is 17.7 Å². The fourth-order valence-corrected chi connectivity index (χ4v) is 1.79. The second-order valence-electron chi connectivity index (χ2n) is 3.30. The molecule has 14 heavy (non-hydrogen) atoms. The summed E-state index contributed by atoms with van der Waals surface area (Å²) in [7, 11) is 0. The van der Waals surface area contributed by atoms with Gasteiger partial charge in [0, 0.05) is 11.0 Å². The quantitative estimate of drug-likeness (QED) is 0.792. The highest BCUT2D eigenvalue weighted by atomic mass is 79.9. The van der Waals surface area contributed by atoms with E-state index in [1.165, 1.54) is 0 Å². The Morgan fingerprint density at radius 3 is 2.64 bits per heavy atom. The van der Waals surface area contributed by atoms with Crippen molar-refractivity contribution in [2.24, 2.45) is 0 Å². The summed E-state index contributed by atoms with van der Waals surface area (Å²) in [6.07, 6.45) is 0. The van der Waals surface area contributed by atoms with Crippen LogP contribution < -0.4 is 10.6 Å². The van der Waals surface area contributed by atoms with E-state index in [0.717, 1.165) is 16.6 Å². The van der Waals surface area contributed by atoms with Crippen molar-refractivity contribution in [2.45, 2.75) is 6.04 Å². The summed E-state index contributed by atoms with van der Waals surface area (Å²) in [6.45, 7) is 1.22. The molecule has 74 valence electrons. The Hall–Kier alpha value is -0.870. The molecule has 0 spiro atoms. The highest BCUT2D eigenvalue weighted by Crippen LogP contribution is 2.17. The van der Waals surface area contributed by atoms with E-state index in [1.54, 1.807) is 0 Å². The third-order valence-corrected chi connectivity index (χ3v) is 2.77. The van der Waals surface area contributed by atoms with E-state index in [-0.39, 0.29) is 11.9 Å². The second-order valence-corrected chi connectivity index (χ2v) is 4.22. The summed E-state index contributed by atoms with van der Waals surface area (Å²) in [5.41, 5.74) is 1.13. The number of hydrogen-bond donors (Lipinski definition) is 2. The van der Waals surface area contributed by atoms with Crippen molar-refractivity contribution in [2.75, 3.05) is 13.1 Å². The van der Waals surface area contributed by atoms with Gasteiger partial charge in [0.05, 0.1) is 12.6 Å². The molecule has 1 heterocycles. The lowest BCUT2D eigenvalue weighted by Crippen LogP contribution is -2.46.